The van der Waals surface area contributed by atoms with Crippen molar-refractivity contribution in [3.05, 3.63) is 97.5 Å². The van der Waals surface area contributed by atoms with Crippen LogP contribution in [0.25, 0.3) is 0 Å². The number of hydrogen-bond donors (Lipinski definition) is 1. The van der Waals surface area contributed by atoms with E-state index in [-0.39, 0.29) is 6.04 Å². The van der Waals surface area contributed by atoms with Gasteiger partial charge in [-0.05, 0) is 42.8 Å². The van der Waals surface area contributed by atoms with Crippen LogP contribution in [-0.2, 0) is 4.57 Å². The van der Waals surface area contributed by atoms with Crippen molar-refractivity contribution in [2.45, 2.75) is 12.5 Å². The van der Waals surface area contributed by atoms with Crippen molar-refractivity contribution in [2.75, 3.05) is 0 Å². The van der Waals surface area contributed by atoms with Crippen LogP contribution in [0, 0.1) is 0 Å². The van der Waals surface area contributed by atoms with Crippen molar-refractivity contribution < 1.29 is 8.98 Å². The molecule has 3 rings (SSSR count). The summed E-state index contributed by atoms with van der Waals surface area (Å²) in [6.07, 6.45) is 4.06. The average Bonchev–Trinajstić information content (AvgIpc) is 3.17. The molecule has 1 atom stereocenters. The molecule has 0 aliphatic carbocycles. The van der Waals surface area contributed by atoms with E-state index in [4.69, 9.17) is 4.42 Å². The molecule has 1 heterocycles. The number of hydrogen-bond acceptors (Lipinski definition) is 2. The van der Waals surface area contributed by atoms with Crippen LogP contribution in [0.5, 0.6) is 0 Å². The summed E-state index contributed by atoms with van der Waals surface area (Å²) in [5.41, 5.74) is 0. The average molecular weight is 337 g/mol. The van der Waals surface area contributed by atoms with Gasteiger partial charge in [-0.2, -0.15) is 0 Å². The molecule has 1 aromatic heterocycles. The Bertz CT molecular complexity index is 770. The van der Waals surface area contributed by atoms with Gasteiger partial charge in [0.2, 0.25) is 7.29 Å². The predicted molar refractivity (Wildman–Crippen MR) is 99.2 cm³/mol. The fraction of sp³-hybridized carbons (Fsp3) is 0.100. The van der Waals surface area contributed by atoms with E-state index in [0.29, 0.717) is 6.42 Å². The fourth-order valence-corrected chi connectivity index (χ4v) is 5.13. The van der Waals surface area contributed by atoms with Gasteiger partial charge in [-0.1, -0.05) is 42.5 Å². The number of furan rings is 1. The minimum atomic E-state index is -3.01. The molecule has 2 aromatic carbocycles. The van der Waals surface area contributed by atoms with E-state index >= 15 is 0 Å². The highest BCUT2D eigenvalue weighted by molar-refractivity contribution is 7.76. The second kappa shape index (κ2) is 7.48. The summed E-state index contributed by atoms with van der Waals surface area (Å²) < 4.78 is 19.5. The number of nitrogens with one attached hydrogen (secondary N) is 1. The van der Waals surface area contributed by atoms with Crippen LogP contribution in [0.15, 0.2) is 96.1 Å². The Morgan fingerprint density at radius 1 is 0.958 bits per heavy atom. The maximum absolute atomic E-state index is 14.0. The number of benzene rings is 2. The molecule has 0 unspecified atom stereocenters. The highest BCUT2D eigenvalue weighted by atomic mass is 31.2. The number of rotatable bonds is 7. The Kier molecular flexibility index (Phi) is 5.14. The SMILES string of the molecule is C=CC[C@@H](NP(=O)(c1ccccc1)c1ccccc1)c1ccco1. The molecule has 0 saturated carbocycles. The minimum absolute atomic E-state index is 0.205. The van der Waals surface area contributed by atoms with Crippen molar-refractivity contribution in [1.29, 1.82) is 0 Å². The van der Waals surface area contributed by atoms with Crippen molar-refractivity contribution in [1.82, 2.24) is 5.09 Å². The topological polar surface area (TPSA) is 42.2 Å². The lowest BCUT2D eigenvalue weighted by Gasteiger charge is -2.25. The van der Waals surface area contributed by atoms with Gasteiger partial charge in [0, 0.05) is 10.6 Å². The zero-order chi connectivity index (χ0) is 16.8. The second-order valence-electron chi connectivity index (χ2n) is 5.50. The van der Waals surface area contributed by atoms with E-state index in [1.54, 1.807) is 12.3 Å². The molecule has 0 aliphatic rings. The first kappa shape index (κ1) is 16.5. The quantitative estimate of drug-likeness (QED) is 0.513. The molecule has 0 radical (unpaired) electrons. The Morgan fingerprint density at radius 3 is 2.00 bits per heavy atom. The maximum Gasteiger partial charge on any atom is 0.205 e. The van der Waals surface area contributed by atoms with E-state index < -0.39 is 7.29 Å². The summed E-state index contributed by atoms with van der Waals surface area (Å²) in [5, 5.41) is 4.91. The highest BCUT2D eigenvalue weighted by Gasteiger charge is 2.31. The molecular weight excluding hydrogens is 317 g/mol. The van der Waals surface area contributed by atoms with Gasteiger partial charge in [0.1, 0.15) is 5.76 Å². The van der Waals surface area contributed by atoms with E-state index in [0.717, 1.165) is 16.4 Å². The second-order valence-corrected chi connectivity index (χ2v) is 8.01. The van der Waals surface area contributed by atoms with Crippen LogP contribution in [0.1, 0.15) is 18.2 Å². The first-order valence-corrected chi connectivity index (χ1v) is 9.58. The highest BCUT2D eigenvalue weighted by Crippen LogP contribution is 2.42. The third-order valence-electron chi connectivity index (χ3n) is 3.87. The summed E-state index contributed by atoms with van der Waals surface area (Å²) in [7, 11) is -3.01. The molecule has 122 valence electrons. The zero-order valence-corrected chi connectivity index (χ0v) is 14.2. The Hall–Kier alpha value is -2.35. The summed E-state index contributed by atoms with van der Waals surface area (Å²) >= 11 is 0. The lowest BCUT2D eigenvalue weighted by atomic mass is 10.2. The van der Waals surface area contributed by atoms with Crippen molar-refractivity contribution in [3.63, 3.8) is 0 Å². The van der Waals surface area contributed by atoms with Crippen molar-refractivity contribution in [3.8, 4) is 0 Å². The zero-order valence-electron chi connectivity index (χ0n) is 13.3. The van der Waals surface area contributed by atoms with E-state index in [1.807, 2.05) is 72.8 Å². The Morgan fingerprint density at radius 2 is 1.54 bits per heavy atom. The van der Waals surface area contributed by atoms with Gasteiger partial charge in [0.15, 0.2) is 0 Å². The summed E-state index contributed by atoms with van der Waals surface area (Å²) in [5.74, 6) is 0.752. The normalized spacial score (nSPS) is 12.7. The first-order chi connectivity index (χ1) is 11.7. The molecule has 0 aliphatic heterocycles. The molecule has 1 N–H and O–H groups in total. The third kappa shape index (κ3) is 3.43. The van der Waals surface area contributed by atoms with Crippen LogP contribution in [0.4, 0.5) is 0 Å². The maximum atomic E-state index is 14.0. The largest absolute Gasteiger partial charge is 0.468 e. The Labute approximate surface area is 142 Å². The van der Waals surface area contributed by atoms with Crippen LogP contribution >= 0.6 is 7.29 Å². The fourth-order valence-electron chi connectivity index (χ4n) is 2.68. The molecule has 0 spiro atoms. The smallest absolute Gasteiger partial charge is 0.205 e. The van der Waals surface area contributed by atoms with E-state index in [9.17, 15) is 4.57 Å². The monoisotopic (exact) mass is 337 g/mol. The molecule has 0 amide bonds. The van der Waals surface area contributed by atoms with Gasteiger partial charge in [-0.3, -0.25) is 4.57 Å². The lowest BCUT2D eigenvalue weighted by Crippen LogP contribution is -2.30. The van der Waals surface area contributed by atoms with Crippen LogP contribution in [0.2, 0.25) is 0 Å². The summed E-state index contributed by atoms with van der Waals surface area (Å²) in [6.45, 7) is 3.81. The van der Waals surface area contributed by atoms with Crippen LogP contribution < -0.4 is 15.7 Å². The van der Waals surface area contributed by atoms with Gasteiger partial charge in [0.25, 0.3) is 0 Å². The van der Waals surface area contributed by atoms with Crippen molar-refractivity contribution >= 4 is 17.9 Å². The van der Waals surface area contributed by atoms with Crippen LogP contribution in [0.3, 0.4) is 0 Å². The van der Waals surface area contributed by atoms with Gasteiger partial charge in [-0.15, -0.1) is 6.58 Å². The van der Waals surface area contributed by atoms with E-state index in [2.05, 4.69) is 11.7 Å². The van der Waals surface area contributed by atoms with Gasteiger partial charge in [0.05, 0.1) is 12.3 Å². The van der Waals surface area contributed by atoms with Gasteiger partial charge >= 0.3 is 0 Å². The predicted octanol–water partition coefficient (Wildman–Crippen LogP) is 4.42. The molecule has 4 heteroatoms. The first-order valence-electron chi connectivity index (χ1n) is 7.87. The summed E-state index contributed by atoms with van der Waals surface area (Å²) in [6, 6.07) is 22.6. The standard InChI is InChI=1S/C20H20NO2P/c1-2-10-19(20-15-9-16-23-20)21-24(22,17-11-5-3-6-12-17)18-13-7-4-8-14-18/h2-9,11-16,19H,1,10H2,(H,21,22)/t19-/m1/s1. The van der Waals surface area contributed by atoms with Gasteiger partial charge < -0.3 is 4.42 Å². The molecule has 0 saturated heterocycles. The molecule has 3 aromatic rings. The lowest BCUT2D eigenvalue weighted by molar-refractivity contribution is 0.448. The summed E-state index contributed by atoms with van der Waals surface area (Å²) in [4.78, 5) is 0. The molecule has 3 nitrogen and oxygen atoms in total. The molecular formula is C20H20NO2P. The molecule has 0 fully saturated rings. The van der Waals surface area contributed by atoms with Crippen LogP contribution in [-0.4, -0.2) is 0 Å². The third-order valence-corrected chi connectivity index (χ3v) is 6.59. The molecule has 24 heavy (non-hydrogen) atoms. The minimum Gasteiger partial charge on any atom is -0.468 e. The van der Waals surface area contributed by atoms with Crippen molar-refractivity contribution in [2.24, 2.45) is 0 Å². The Balaban J connectivity index is 2.05. The van der Waals surface area contributed by atoms with E-state index in [1.165, 1.54) is 0 Å². The molecule has 0 bridgehead atoms. The van der Waals surface area contributed by atoms with Gasteiger partial charge in [-0.25, -0.2) is 5.09 Å².